The maximum Gasteiger partial charge on any atom is 0.196 e. The molecule has 0 radical (unpaired) electrons. The van der Waals surface area contributed by atoms with Crippen molar-refractivity contribution in [2.45, 2.75) is 13.8 Å². The summed E-state index contributed by atoms with van der Waals surface area (Å²) in [5.74, 6) is -0.531. The molecule has 0 unspecified atom stereocenters. The number of aryl methyl sites for hydroxylation is 2. The molecule has 0 N–H and O–H groups in total. The normalized spacial score (nSPS) is 10.8. The second kappa shape index (κ2) is 10.1. The van der Waals surface area contributed by atoms with Crippen molar-refractivity contribution in [1.29, 1.82) is 0 Å². The molecule has 5 heteroatoms. The molecule has 3 heterocycles. The molecule has 0 aliphatic rings. The van der Waals surface area contributed by atoms with E-state index < -0.39 is 0 Å². The fourth-order valence-electron chi connectivity index (χ4n) is 3.81. The van der Waals surface area contributed by atoms with Gasteiger partial charge in [0.15, 0.2) is 11.6 Å². The third-order valence-corrected chi connectivity index (χ3v) is 9.19. The number of hydrogen-bond acceptors (Lipinski definition) is 5. The Morgan fingerprint density at radius 3 is 1.66 bits per heavy atom. The zero-order valence-corrected chi connectivity index (χ0v) is 21.7. The van der Waals surface area contributed by atoms with E-state index in [1.165, 1.54) is 19.5 Å². The van der Waals surface area contributed by atoms with Crippen LogP contribution in [0.3, 0.4) is 0 Å². The Balaban J connectivity index is 1.53. The minimum Gasteiger partial charge on any atom is -0.288 e. The second-order valence-electron chi connectivity index (χ2n) is 8.14. The van der Waals surface area contributed by atoms with Gasteiger partial charge in [-0.1, -0.05) is 60.7 Å². The van der Waals surface area contributed by atoms with Crippen LogP contribution in [0.5, 0.6) is 0 Å². The van der Waals surface area contributed by atoms with Crippen LogP contribution < -0.4 is 0 Å². The van der Waals surface area contributed by atoms with Crippen LogP contribution >= 0.6 is 34.0 Å². The van der Waals surface area contributed by atoms with Crippen LogP contribution in [0.15, 0.2) is 96.6 Å². The first-order valence-electron chi connectivity index (χ1n) is 11.2. The van der Waals surface area contributed by atoms with Crippen molar-refractivity contribution in [1.82, 2.24) is 0 Å². The summed E-state index contributed by atoms with van der Waals surface area (Å²) in [5.41, 5.74) is 2.09. The maximum absolute atomic E-state index is 13.4. The van der Waals surface area contributed by atoms with Crippen molar-refractivity contribution in [3.63, 3.8) is 0 Å². The quantitative estimate of drug-likeness (QED) is 0.0947. The molecule has 0 saturated heterocycles. The van der Waals surface area contributed by atoms with Gasteiger partial charge in [0.25, 0.3) is 0 Å². The summed E-state index contributed by atoms with van der Waals surface area (Å²) in [4.78, 5) is 34.1. The van der Waals surface area contributed by atoms with Crippen LogP contribution in [0.1, 0.15) is 36.0 Å². The van der Waals surface area contributed by atoms with Gasteiger partial charge in [0.1, 0.15) is 0 Å². The lowest BCUT2D eigenvalue weighted by Gasteiger charge is -2.07. The van der Waals surface area contributed by atoms with Gasteiger partial charge >= 0.3 is 0 Å². The smallest absolute Gasteiger partial charge is 0.196 e. The maximum atomic E-state index is 13.4. The van der Waals surface area contributed by atoms with Gasteiger partial charge < -0.3 is 0 Å². The SMILES string of the molecule is Cc1ccc(-c2ccc(-c3cc(C=C(C(=O)c4ccccc4)C(=O)c4ccccc4)c(C)s3)s2)s1. The van der Waals surface area contributed by atoms with E-state index >= 15 is 0 Å². The van der Waals surface area contributed by atoms with Crippen LogP contribution in [0, 0.1) is 13.8 Å². The van der Waals surface area contributed by atoms with Gasteiger partial charge in [-0.05, 0) is 55.8 Å². The number of carbonyl (C=O) groups excluding carboxylic acids is 2. The van der Waals surface area contributed by atoms with E-state index in [0.29, 0.717) is 11.1 Å². The van der Waals surface area contributed by atoms with Crippen LogP contribution in [-0.2, 0) is 0 Å². The molecule has 35 heavy (non-hydrogen) atoms. The van der Waals surface area contributed by atoms with Crippen molar-refractivity contribution in [2.24, 2.45) is 0 Å². The molecular formula is C30H22O2S3. The highest BCUT2D eigenvalue weighted by molar-refractivity contribution is 7.26. The molecule has 2 nitrogen and oxygen atoms in total. The Hall–Kier alpha value is -3.38. The number of carbonyl (C=O) groups is 2. The van der Waals surface area contributed by atoms with E-state index in [0.717, 1.165) is 15.3 Å². The highest BCUT2D eigenvalue weighted by Gasteiger charge is 2.22. The number of benzene rings is 2. The molecule has 0 bridgehead atoms. The molecule has 0 fully saturated rings. The molecule has 172 valence electrons. The van der Waals surface area contributed by atoms with Crippen molar-refractivity contribution >= 4 is 51.7 Å². The van der Waals surface area contributed by atoms with Gasteiger partial charge in [-0.25, -0.2) is 0 Å². The van der Waals surface area contributed by atoms with Crippen LogP contribution in [0.2, 0.25) is 0 Å². The Morgan fingerprint density at radius 1 is 0.600 bits per heavy atom. The minimum absolute atomic E-state index is 0.177. The Morgan fingerprint density at radius 2 is 1.11 bits per heavy atom. The molecule has 5 rings (SSSR count). The van der Waals surface area contributed by atoms with Gasteiger partial charge in [-0.3, -0.25) is 9.59 Å². The van der Waals surface area contributed by atoms with Crippen molar-refractivity contribution < 1.29 is 9.59 Å². The lowest BCUT2D eigenvalue weighted by Crippen LogP contribution is -2.13. The number of thiophene rings is 3. The fourth-order valence-corrected chi connectivity index (χ4v) is 6.86. The van der Waals surface area contributed by atoms with Crippen molar-refractivity contribution in [3.05, 3.63) is 123 Å². The second-order valence-corrected chi connectivity index (χ2v) is 11.8. The average molecular weight is 511 g/mol. The number of ketones is 2. The van der Waals surface area contributed by atoms with E-state index in [1.54, 1.807) is 64.4 Å². The molecule has 0 atom stereocenters. The molecule has 3 aromatic heterocycles. The van der Waals surface area contributed by atoms with E-state index in [4.69, 9.17) is 0 Å². The summed E-state index contributed by atoms with van der Waals surface area (Å²) in [5, 5.41) is 0. The number of Topliss-reactive ketones (excluding diaryl/α,β-unsaturated/α-hetero) is 2. The molecular weight excluding hydrogens is 489 g/mol. The zero-order chi connectivity index (χ0) is 24.4. The largest absolute Gasteiger partial charge is 0.288 e. The number of rotatable bonds is 7. The lowest BCUT2D eigenvalue weighted by molar-refractivity contribution is 0.0964. The Labute approximate surface area is 216 Å². The fraction of sp³-hybridized carbons (Fsp3) is 0.0667. The molecule has 0 aliphatic heterocycles. The highest BCUT2D eigenvalue weighted by Crippen LogP contribution is 2.41. The molecule has 5 aromatic rings. The van der Waals surface area contributed by atoms with E-state index in [2.05, 4.69) is 37.3 Å². The molecule has 0 aliphatic carbocycles. The van der Waals surface area contributed by atoms with Crippen LogP contribution in [0.25, 0.3) is 25.6 Å². The Bertz CT molecular complexity index is 1480. The molecule has 2 aromatic carbocycles. The first-order chi connectivity index (χ1) is 17.0. The van der Waals surface area contributed by atoms with Crippen LogP contribution in [-0.4, -0.2) is 11.6 Å². The first kappa shape index (κ1) is 23.4. The van der Waals surface area contributed by atoms with E-state index in [9.17, 15) is 9.59 Å². The van der Waals surface area contributed by atoms with E-state index in [1.807, 2.05) is 43.3 Å². The van der Waals surface area contributed by atoms with Gasteiger partial charge in [0.2, 0.25) is 0 Å². The van der Waals surface area contributed by atoms with Gasteiger partial charge in [0.05, 0.1) is 5.57 Å². The summed E-state index contributed by atoms with van der Waals surface area (Å²) in [6.45, 7) is 4.16. The minimum atomic E-state index is -0.266. The standard InChI is InChI=1S/C30H22O2S3/c1-19-13-14-25(33-19)26-15-16-27(35-26)28-18-23(20(2)34-28)17-24(29(31)21-9-5-3-6-10-21)30(32)22-11-7-4-8-12-22/h3-18H,1-2H3. The highest BCUT2D eigenvalue weighted by atomic mass is 32.1. The van der Waals surface area contributed by atoms with Gasteiger partial charge in [0, 0.05) is 40.4 Å². The molecule has 0 amide bonds. The average Bonchev–Trinajstić information content (AvgIpc) is 3.63. The summed E-state index contributed by atoms with van der Waals surface area (Å²) in [6, 6.07) is 28.7. The van der Waals surface area contributed by atoms with Crippen molar-refractivity contribution in [3.8, 4) is 19.5 Å². The van der Waals surface area contributed by atoms with E-state index in [-0.39, 0.29) is 17.1 Å². The van der Waals surface area contributed by atoms with Gasteiger partial charge in [-0.15, -0.1) is 34.0 Å². The number of allylic oxidation sites excluding steroid dienone is 1. The number of hydrogen-bond donors (Lipinski definition) is 0. The predicted molar refractivity (Wildman–Crippen MR) is 150 cm³/mol. The summed E-state index contributed by atoms with van der Waals surface area (Å²) in [7, 11) is 0. The van der Waals surface area contributed by atoms with Crippen LogP contribution in [0.4, 0.5) is 0 Å². The molecule has 0 spiro atoms. The van der Waals surface area contributed by atoms with Crippen molar-refractivity contribution in [2.75, 3.05) is 0 Å². The topological polar surface area (TPSA) is 34.1 Å². The first-order valence-corrected chi connectivity index (χ1v) is 13.6. The third-order valence-electron chi connectivity index (χ3n) is 5.65. The summed E-state index contributed by atoms with van der Waals surface area (Å²) < 4.78 is 0. The lowest BCUT2D eigenvalue weighted by atomic mass is 9.94. The molecule has 0 saturated carbocycles. The Kier molecular flexibility index (Phi) is 6.73. The van der Waals surface area contributed by atoms with Gasteiger partial charge in [-0.2, -0.15) is 0 Å². The zero-order valence-electron chi connectivity index (χ0n) is 19.3. The summed E-state index contributed by atoms with van der Waals surface area (Å²) >= 11 is 5.25. The summed E-state index contributed by atoms with van der Waals surface area (Å²) in [6.07, 6.45) is 1.76. The third kappa shape index (κ3) is 5.03. The predicted octanol–water partition coefficient (Wildman–Crippen LogP) is 8.97. The monoisotopic (exact) mass is 510 g/mol.